The molecule has 0 spiro atoms. The van der Waals surface area contributed by atoms with E-state index < -0.39 is 0 Å². The number of imidazole rings is 1. The largest absolute Gasteiger partial charge is 0.368 e. The lowest BCUT2D eigenvalue weighted by Gasteiger charge is -1.98. The quantitative estimate of drug-likeness (QED) is 0.616. The first-order valence-corrected chi connectivity index (χ1v) is 9.90. The molecule has 3 aromatic rings. The standard InChI is InChI=1S/C9H10ClN3.C6H9N3.C3H4Cl2O/c1-6-3-7(2)13-5-8(4-10)12-9(13)11-6;1-4-3-5(2)9-6(7)8-4;4-1-3(6)2-5/h3,5H,4H2,1-2H3;3H,1-2H3,(H2,7,8,9);1-2H2. The molecule has 0 fully saturated rings. The molecule has 0 aliphatic carbocycles. The number of nitrogens with two attached hydrogens (primary N) is 1. The maximum atomic E-state index is 9.92. The number of fused-ring (bicyclic) bond motifs is 1. The Hall–Kier alpha value is -1.96. The van der Waals surface area contributed by atoms with E-state index in [1.165, 1.54) is 0 Å². The molecule has 0 saturated heterocycles. The van der Waals surface area contributed by atoms with Gasteiger partial charge in [0.2, 0.25) is 11.7 Å². The fraction of sp³-hybridized carbons (Fsp3) is 0.389. The van der Waals surface area contributed by atoms with E-state index in [1.54, 1.807) is 0 Å². The molecule has 0 aliphatic heterocycles. The van der Waals surface area contributed by atoms with Crippen LogP contribution in [0.2, 0.25) is 0 Å². The summed E-state index contributed by atoms with van der Waals surface area (Å²) >= 11 is 15.7. The highest BCUT2D eigenvalue weighted by Crippen LogP contribution is 2.09. The van der Waals surface area contributed by atoms with Crippen LogP contribution in [0.5, 0.6) is 0 Å². The van der Waals surface area contributed by atoms with Gasteiger partial charge >= 0.3 is 0 Å². The van der Waals surface area contributed by atoms with Gasteiger partial charge in [0.1, 0.15) is 0 Å². The predicted octanol–water partition coefficient (Wildman–Crippen LogP) is 3.79. The maximum absolute atomic E-state index is 9.92. The van der Waals surface area contributed by atoms with Gasteiger partial charge in [0.25, 0.3) is 0 Å². The Morgan fingerprint density at radius 1 is 0.929 bits per heavy atom. The molecule has 152 valence electrons. The number of aromatic nitrogens is 5. The molecule has 2 N–H and O–H groups in total. The van der Waals surface area contributed by atoms with Crippen molar-refractivity contribution in [3.8, 4) is 0 Å². The average molecular weight is 446 g/mol. The third-order valence-electron chi connectivity index (χ3n) is 3.25. The van der Waals surface area contributed by atoms with Crippen molar-refractivity contribution in [1.82, 2.24) is 24.3 Å². The van der Waals surface area contributed by atoms with E-state index in [0.717, 1.165) is 34.2 Å². The monoisotopic (exact) mass is 444 g/mol. The number of carbonyl (C=O) groups excluding carboxylic acids is 1. The molecular weight excluding hydrogens is 423 g/mol. The summed E-state index contributed by atoms with van der Waals surface area (Å²) in [6.07, 6.45) is 1.92. The molecule has 3 aromatic heterocycles. The van der Waals surface area contributed by atoms with E-state index in [1.807, 2.05) is 50.4 Å². The Morgan fingerprint density at radius 3 is 1.89 bits per heavy atom. The number of nitrogens with zero attached hydrogens (tertiary/aromatic N) is 5. The average Bonchev–Trinajstić information content (AvgIpc) is 3.04. The van der Waals surface area contributed by atoms with Crippen molar-refractivity contribution >= 4 is 52.3 Å². The molecule has 0 aliphatic rings. The molecule has 3 heterocycles. The number of aryl methyl sites for hydroxylation is 4. The molecule has 7 nitrogen and oxygen atoms in total. The highest BCUT2D eigenvalue weighted by molar-refractivity contribution is 6.35. The van der Waals surface area contributed by atoms with Gasteiger partial charge in [-0.25, -0.2) is 19.9 Å². The second kappa shape index (κ2) is 11.8. The summed E-state index contributed by atoms with van der Waals surface area (Å²) in [6, 6.07) is 3.91. The van der Waals surface area contributed by atoms with Gasteiger partial charge in [-0.05, 0) is 39.8 Å². The van der Waals surface area contributed by atoms with Crippen molar-refractivity contribution in [2.24, 2.45) is 0 Å². The van der Waals surface area contributed by atoms with Crippen molar-refractivity contribution in [2.45, 2.75) is 33.6 Å². The van der Waals surface area contributed by atoms with Crippen LogP contribution in [0.3, 0.4) is 0 Å². The molecule has 0 unspecified atom stereocenters. The van der Waals surface area contributed by atoms with Gasteiger partial charge in [0, 0.05) is 29.0 Å². The SMILES string of the molecule is Cc1cc(C)n2cc(CCl)nc2n1.Cc1cc(C)nc(N)n1.O=C(CCl)CCl. The number of alkyl halides is 3. The summed E-state index contributed by atoms with van der Waals surface area (Å²) in [7, 11) is 0. The van der Waals surface area contributed by atoms with Crippen molar-refractivity contribution in [3.63, 3.8) is 0 Å². The minimum atomic E-state index is -0.127. The zero-order chi connectivity index (χ0) is 21.3. The normalized spacial score (nSPS) is 9.96. The Balaban J connectivity index is 0.000000229. The van der Waals surface area contributed by atoms with Crippen molar-refractivity contribution in [2.75, 3.05) is 17.5 Å². The summed E-state index contributed by atoms with van der Waals surface area (Å²) in [5.74, 6) is 1.45. The fourth-order valence-electron chi connectivity index (χ4n) is 2.17. The molecule has 10 heteroatoms. The minimum Gasteiger partial charge on any atom is -0.368 e. The summed E-state index contributed by atoms with van der Waals surface area (Å²) in [5.41, 5.74) is 10.1. The highest BCUT2D eigenvalue weighted by Gasteiger charge is 2.03. The van der Waals surface area contributed by atoms with Crippen LogP contribution in [-0.2, 0) is 10.7 Å². The van der Waals surface area contributed by atoms with Gasteiger partial charge in [0.05, 0.1) is 23.3 Å². The topological polar surface area (TPSA) is 99.1 Å². The molecule has 28 heavy (non-hydrogen) atoms. The lowest BCUT2D eigenvalue weighted by Crippen LogP contribution is -1.98. The smallest absolute Gasteiger partial charge is 0.234 e. The van der Waals surface area contributed by atoms with Gasteiger partial charge in [-0.3, -0.25) is 9.20 Å². The Bertz CT molecular complexity index is 873. The second-order valence-corrected chi connectivity index (χ2v) is 6.69. The lowest BCUT2D eigenvalue weighted by atomic mass is 10.3. The third kappa shape index (κ3) is 7.96. The number of nitrogen functional groups attached to an aromatic ring is 1. The zero-order valence-electron chi connectivity index (χ0n) is 16.2. The van der Waals surface area contributed by atoms with E-state index in [0.29, 0.717) is 11.8 Å². The van der Waals surface area contributed by atoms with Gasteiger partial charge in [0.15, 0.2) is 5.78 Å². The number of Topliss-reactive ketones (excluding diaryl/α,β-unsaturated/α-hetero) is 1. The number of ketones is 1. The third-order valence-corrected chi connectivity index (χ3v) is 4.12. The summed E-state index contributed by atoms with van der Waals surface area (Å²) in [6.45, 7) is 7.78. The van der Waals surface area contributed by atoms with Gasteiger partial charge < -0.3 is 5.73 Å². The lowest BCUT2D eigenvalue weighted by molar-refractivity contribution is -0.114. The zero-order valence-corrected chi connectivity index (χ0v) is 18.5. The Morgan fingerprint density at radius 2 is 1.46 bits per heavy atom. The highest BCUT2D eigenvalue weighted by atomic mass is 35.5. The van der Waals surface area contributed by atoms with Crippen LogP contribution in [0.15, 0.2) is 18.3 Å². The first-order chi connectivity index (χ1) is 13.2. The van der Waals surface area contributed by atoms with Crippen molar-refractivity contribution < 1.29 is 4.79 Å². The number of rotatable bonds is 3. The summed E-state index contributed by atoms with van der Waals surface area (Å²) < 4.78 is 1.95. The summed E-state index contributed by atoms with van der Waals surface area (Å²) in [4.78, 5) is 26.3. The van der Waals surface area contributed by atoms with Gasteiger partial charge in [-0.2, -0.15) is 0 Å². The molecule has 0 saturated carbocycles. The van der Waals surface area contributed by atoms with E-state index in [9.17, 15) is 4.79 Å². The predicted molar refractivity (Wildman–Crippen MR) is 114 cm³/mol. The molecule has 3 rings (SSSR count). The number of anilines is 1. The molecular formula is C18H23Cl3N6O. The van der Waals surface area contributed by atoms with E-state index in [2.05, 4.69) is 19.9 Å². The van der Waals surface area contributed by atoms with Crippen LogP contribution < -0.4 is 5.73 Å². The van der Waals surface area contributed by atoms with E-state index >= 15 is 0 Å². The van der Waals surface area contributed by atoms with Crippen molar-refractivity contribution in [1.29, 1.82) is 0 Å². The maximum Gasteiger partial charge on any atom is 0.234 e. The van der Waals surface area contributed by atoms with Crippen LogP contribution in [0.1, 0.15) is 28.5 Å². The van der Waals surface area contributed by atoms with E-state index in [4.69, 9.17) is 40.5 Å². The van der Waals surface area contributed by atoms with E-state index in [-0.39, 0.29) is 17.5 Å². The van der Waals surface area contributed by atoms with Crippen LogP contribution >= 0.6 is 34.8 Å². The van der Waals surface area contributed by atoms with Gasteiger partial charge in [-0.15, -0.1) is 34.8 Å². The fourth-order valence-corrected chi connectivity index (χ4v) is 2.59. The first-order valence-electron chi connectivity index (χ1n) is 8.29. The van der Waals surface area contributed by atoms with Crippen LogP contribution in [0, 0.1) is 27.7 Å². The molecule has 0 amide bonds. The number of hydrogen-bond donors (Lipinski definition) is 1. The van der Waals surface area contributed by atoms with Crippen molar-refractivity contribution in [3.05, 3.63) is 46.8 Å². The number of halogens is 3. The van der Waals surface area contributed by atoms with Crippen LogP contribution in [0.4, 0.5) is 5.95 Å². The molecule has 0 aromatic carbocycles. The number of hydrogen-bond acceptors (Lipinski definition) is 6. The second-order valence-electron chi connectivity index (χ2n) is 5.89. The van der Waals surface area contributed by atoms with Crippen LogP contribution in [0.25, 0.3) is 5.78 Å². The first kappa shape index (κ1) is 24.1. The molecule has 0 bridgehead atoms. The molecule has 0 radical (unpaired) electrons. The van der Waals surface area contributed by atoms with Gasteiger partial charge in [-0.1, -0.05) is 0 Å². The minimum absolute atomic E-state index is 0.0312. The molecule has 0 atom stereocenters. The summed E-state index contributed by atoms with van der Waals surface area (Å²) in [5, 5.41) is 0. The Labute approximate surface area is 179 Å². The number of carbonyl (C=O) groups is 1. The Kier molecular flexibility index (Phi) is 10.1. The van der Waals surface area contributed by atoms with Crippen LogP contribution in [-0.4, -0.2) is 41.9 Å².